The molecule has 4 aliphatic rings. The van der Waals surface area contributed by atoms with Crippen LogP contribution >= 0.6 is 0 Å². The molecule has 0 heteroatoms. The molecular weight excluding hydrogens is 144 g/mol. The van der Waals surface area contributed by atoms with E-state index in [0.29, 0.717) is 0 Å². The molecule has 0 spiro atoms. The first kappa shape index (κ1) is 6.94. The van der Waals surface area contributed by atoms with Crippen LogP contribution in [0.1, 0.15) is 26.7 Å². The standard InChI is InChI=1S/C12H16/c1-7-8(2)12-9-5-3-4-6-10(12)11(7)9/h3-4,9-12H,5-6H2,1-2H3. The third kappa shape index (κ3) is 0.573. The Kier molecular flexibility index (Phi) is 1.18. The first-order valence-electron chi connectivity index (χ1n) is 5.13. The first-order chi connectivity index (χ1) is 5.80. The fraction of sp³-hybridized carbons (Fsp3) is 0.667. The highest BCUT2D eigenvalue weighted by molar-refractivity contribution is 5.36. The summed E-state index contributed by atoms with van der Waals surface area (Å²) in [5.74, 6) is 3.97. The summed E-state index contributed by atoms with van der Waals surface area (Å²) in [6.45, 7) is 4.72. The van der Waals surface area contributed by atoms with Gasteiger partial charge in [0.25, 0.3) is 0 Å². The van der Waals surface area contributed by atoms with Crippen molar-refractivity contribution in [3.8, 4) is 0 Å². The molecule has 0 nitrogen and oxygen atoms in total. The zero-order valence-electron chi connectivity index (χ0n) is 7.88. The van der Waals surface area contributed by atoms with Crippen molar-refractivity contribution in [2.24, 2.45) is 23.7 Å². The SMILES string of the molecule is CC1=C(C)C2C3CC=CCC2C13. The van der Waals surface area contributed by atoms with Gasteiger partial charge in [-0.25, -0.2) is 0 Å². The van der Waals surface area contributed by atoms with Gasteiger partial charge >= 0.3 is 0 Å². The normalized spacial score (nSPS) is 49.2. The van der Waals surface area contributed by atoms with Gasteiger partial charge in [-0.05, 0) is 50.4 Å². The first-order valence-corrected chi connectivity index (χ1v) is 5.13. The minimum Gasteiger partial charge on any atom is -0.0882 e. The molecule has 4 bridgehead atoms. The van der Waals surface area contributed by atoms with Gasteiger partial charge in [0.05, 0.1) is 0 Å². The molecule has 0 N–H and O–H groups in total. The molecule has 0 aromatic carbocycles. The van der Waals surface area contributed by atoms with Crippen molar-refractivity contribution in [3.63, 3.8) is 0 Å². The van der Waals surface area contributed by atoms with E-state index in [4.69, 9.17) is 0 Å². The zero-order valence-corrected chi connectivity index (χ0v) is 7.88. The van der Waals surface area contributed by atoms with Crippen molar-refractivity contribution in [2.75, 3.05) is 0 Å². The number of hydrogen-bond donors (Lipinski definition) is 0. The van der Waals surface area contributed by atoms with E-state index in [9.17, 15) is 0 Å². The maximum absolute atomic E-state index is 2.41. The smallest absolute Gasteiger partial charge is 0.0129 e. The molecule has 1 fully saturated rings. The van der Waals surface area contributed by atoms with Crippen LogP contribution in [0.25, 0.3) is 0 Å². The molecule has 0 radical (unpaired) electrons. The predicted octanol–water partition coefficient (Wildman–Crippen LogP) is 3.16. The van der Waals surface area contributed by atoms with E-state index < -0.39 is 0 Å². The van der Waals surface area contributed by atoms with E-state index in [2.05, 4.69) is 26.0 Å². The van der Waals surface area contributed by atoms with Gasteiger partial charge in [0.1, 0.15) is 0 Å². The molecule has 4 rings (SSSR count). The van der Waals surface area contributed by atoms with Gasteiger partial charge in [-0.2, -0.15) is 0 Å². The Morgan fingerprint density at radius 3 is 1.75 bits per heavy atom. The Morgan fingerprint density at radius 2 is 1.33 bits per heavy atom. The molecule has 0 atom stereocenters. The molecule has 0 heterocycles. The lowest BCUT2D eigenvalue weighted by molar-refractivity contribution is 0.0705. The van der Waals surface area contributed by atoms with E-state index in [1.54, 1.807) is 11.1 Å². The van der Waals surface area contributed by atoms with Crippen LogP contribution in [0.4, 0.5) is 0 Å². The lowest BCUT2D eigenvalue weighted by Crippen LogP contribution is -2.40. The van der Waals surface area contributed by atoms with Crippen LogP contribution in [-0.4, -0.2) is 0 Å². The molecular formula is C12H16. The highest BCUT2D eigenvalue weighted by atomic mass is 14.6. The van der Waals surface area contributed by atoms with Crippen LogP contribution in [0, 0.1) is 23.7 Å². The van der Waals surface area contributed by atoms with Gasteiger partial charge in [-0.1, -0.05) is 23.3 Å². The van der Waals surface area contributed by atoms with Crippen LogP contribution < -0.4 is 0 Å². The Hall–Kier alpha value is -0.520. The molecule has 0 aromatic rings. The van der Waals surface area contributed by atoms with E-state index in [0.717, 1.165) is 23.7 Å². The molecule has 0 saturated heterocycles. The van der Waals surface area contributed by atoms with Crippen molar-refractivity contribution >= 4 is 0 Å². The molecule has 0 amide bonds. The Bertz CT molecular complexity index is 246. The van der Waals surface area contributed by atoms with Gasteiger partial charge in [-0.3, -0.25) is 0 Å². The van der Waals surface area contributed by atoms with Crippen LogP contribution in [0.15, 0.2) is 23.3 Å². The summed E-state index contributed by atoms with van der Waals surface area (Å²) in [4.78, 5) is 0. The molecule has 0 unspecified atom stereocenters. The van der Waals surface area contributed by atoms with Crippen molar-refractivity contribution < 1.29 is 0 Å². The van der Waals surface area contributed by atoms with Gasteiger partial charge < -0.3 is 0 Å². The second kappa shape index (κ2) is 2.04. The molecule has 1 saturated carbocycles. The van der Waals surface area contributed by atoms with Gasteiger partial charge in [0, 0.05) is 0 Å². The van der Waals surface area contributed by atoms with Crippen molar-refractivity contribution in [2.45, 2.75) is 26.7 Å². The van der Waals surface area contributed by atoms with Crippen LogP contribution in [0.3, 0.4) is 0 Å². The molecule has 4 aliphatic carbocycles. The van der Waals surface area contributed by atoms with Crippen molar-refractivity contribution in [1.29, 1.82) is 0 Å². The quantitative estimate of drug-likeness (QED) is 0.477. The summed E-state index contributed by atoms with van der Waals surface area (Å²) >= 11 is 0. The van der Waals surface area contributed by atoms with Gasteiger partial charge in [0.15, 0.2) is 0 Å². The number of rotatable bonds is 0. The molecule has 12 heavy (non-hydrogen) atoms. The Morgan fingerprint density at radius 1 is 0.917 bits per heavy atom. The van der Waals surface area contributed by atoms with Gasteiger partial charge in [0.2, 0.25) is 0 Å². The molecule has 0 aromatic heterocycles. The summed E-state index contributed by atoms with van der Waals surface area (Å²) in [5.41, 5.74) is 3.47. The highest BCUT2D eigenvalue weighted by Gasteiger charge is 2.56. The molecule has 0 aliphatic heterocycles. The maximum Gasteiger partial charge on any atom is -0.0129 e. The highest BCUT2D eigenvalue weighted by Crippen LogP contribution is 2.64. The van der Waals surface area contributed by atoms with E-state index >= 15 is 0 Å². The fourth-order valence-electron chi connectivity index (χ4n) is 3.84. The third-order valence-corrected chi connectivity index (χ3v) is 4.45. The van der Waals surface area contributed by atoms with Crippen molar-refractivity contribution in [3.05, 3.63) is 23.3 Å². The minimum atomic E-state index is 0.977. The van der Waals surface area contributed by atoms with Crippen LogP contribution in [0.5, 0.6) is 0 Å². The Labute approximate surface area is 74.4 Å². The van der Waals surface area contributed by atoms with Gasteiger partial charge in [-0.15, -0.1) is 0 Å². The average Bonchev–Trinajstić information content (AvgIpc) is 2.39. The van der Waals surface area contributed by atoms with Crippen molar-refractivity contribution in [1.82, 2.24) is 0 Å². The van der Waals surface area contributed by atoms with Crippen LogP contribution in [-0.2, 0) is 0 Å². The molecule has 64 valence electrons. The van der Waals surface area contributed by atoms with Crippen LogP contribution in [0.2, 0.25) is 0 Å². The monoisotopic (exact) mass is 160 g/mol. The van der Waals surface area contributed by atoms with E-state index in [-0.39, 0.29) is 0 Å². The zero-order chi connectivity index (χ0) is 8.29. The number of allylic oxidation sites excluding steroid dienone is 4. The summed E-state index contributed by atoms with van der Waals surface area (Å²) in [6, 6.07) is 0. The third-order valence-electron chi connectivity index (χ3n) is 4.45. The lowest BCUT2D eigenvalue weighted by Gasteiger charge is -2.44. The second-order valence-corrected chi connectivity index (χ2v) is 4.69. The second-order valence-electron chi connectivity index (χ2n) is 4.69. The summed E-state index contributed by atoms with van der Waals surface area (Å²) < 4.78 is 0. The largest absolute Gasteiger partial charge is 0.0882 e. The minimum absolute atomic E-state index is 0.977. The fourth-order valence-corrected chi connectivity index (χ4v) is 3.84. The average molecular weight is 160 g/mol. The summed E-state index contributed by atoms with van der Waals surface area (Å²) in [7, 11) is 0. The topological polar surface area (TPSA) is 0 Å². The van der Waals surface area contributed by atoms with E-state index in [1.807, 2.05) is 0 Å². The maximum atomic E-state index is 2.41. The summed E-state index contributed by atoms with van der Waals surface area (Å²) in [6.07, 6.45) is 7.51. The Balaban J connectivity index is 1.99. The summed E-state index contributed by atoms with van der Waals surface area (Å²) in [5, 5.41) is 0. The number of hydrogen-bond acceptors (Lipinski definition) is 0. The van der Waals surface area contributed by atoms with E-state index in [1.165, 1.54) is 12.8 Å². The predicted molar refractivity (Wildman–Crippen MR) is 50.7 cm³/mol. The lowest BCUT2D eigenvalue weighted by atomic mass is 9.59.